The van der Waals surface area contributed by atoms with Gasteiger partial charge in [-0.15, -0.1) is 0 Å². The van der Waals surface area contributed by atoms with Crippen LogP contribution in [0.25, 0.3) is 6.08 Å². The molecule has 7 nitrogen and oxygen atoms in total. The van der Waals surface area contributed by atoms with E-state index in [1.54, 1.807) is 11.6 Å². The maximum absolute atomic E-state index is 11.1. The van der Waals surface area contributed by atoms with Gasteiger partial charge in [-0.05, 0) is 61.1 Å². The Morgan fingerprint density at radius 2 is 1.64 bits per heavy atom. The number of carbonyl (C=O) groups is 2. The number of aliphatic carboxylic acids is 1. The monoisotopic (exact) mass is 505 g/mol. The lowest BCUT2D eigenvalue weighted by Crippen LogP contribution is -2.37. The SMILES string of the molecule is O=C(/C=C/c1ccc(N2CCC(CNC3CC3c3ccccc3)CC2)cc1)NO.O=C(O)C(F)(F)F. The summed E-state index contributed by atoms with van der Waals surface area (Å²) in [5.41, 5.74) is 5.23. The number of amides is 1. The van der Waals surface area contributed by atoms with Crippen LogP contribution in [0.2, 0.25) is 0 Å². The zero-order chi connectivity index (χ0) is 26.1. The third-order valence-corrected chi connectivity index (χ3v) is 6.34. The highest BCUT2D eigenvalue weighted by molar-refractivity contribution is 5.90. The molecule has 1 heterocycles. The number of hydroxylamine groups is 1. The molecule has 2 aromatic carbocycles. The maximum Gasteiger partial charge on any atom is 0.490 e. The Bertz CT molecular complexity index is 1020. The van der Waals surface area contributed by atoms with Crippen molar-refractivity contribution >= 4 is 23.6 Å². The molecule has 0 radical (unpaired) electrons. The first-order chi connectivity index (χ1) is 17.2. The zero-order valence-electron chi connectivity index (χ0n) is 19.6. The van der Waals surface area contributed by atoms with Crippen LogP contribution < -0.4 is 15.7 Å². The normalized spacial score (nSPS) is 19.9. The maximum atomic E-state index is 11.1. The minimum absolute atomic E-state index is 0.522. The van der Waals surface area contributed by atoms with Gasteiger partial charge in [0.25, 0.3) is 5.91 Å². The Morgan fingerprint density at radius 1 is 1.03 bits per heavy atom. The van der Waals surface area contributed by atoms with E-state index in [2.05, 4.69) is 52.7 Å². The van der Waals surface area contributed by atoms with Crippen molar-refractivity contribution in [3.8, 4) is 0 Å². The molecular formula is C26H30F3N3O4. The standard InChI is InChI=1S/C24H29N3O2.C2HF3O2/c28-24(26-29)11-8-18-6-9-21(10-7-18)27-14-12-19(13-15-27)17-25-23-16-22(23)20-4-2-1-3-5-20;3-2(4,5)1(6)7/h1-11,19,22-23,25,29H,12-17H2,(H,26,28);(H,6,7)/b11-8+;. The predicted molar refractivity (Wildman–Crippen MR) is 130 cm³/mol. The van der Waals surface area contributed by atoms with Crippen molar-refractivity contribution in [3.05, 3.63) is 71.8 Å². The quantitative estimate of drug-likeness (QED) is 0.256. The Morgan fingerprint density at radius 3 is 2.19 bits per heavy atom. The number of benzene rings is 2. The van der Waals surface area contributed by atoms with Crippen LogP contribution in [0.15, 0.2) is 60.7 Å². The van der Waals surface area contributed by atoms with Gasteiger partial charge in [0.1, 0.15) is 0 Å². The van der Waals surface area contributed by atoms with E-state index in [1.165, 1.54) is 36.6 Å². The molecule has 0 bridgehead atoms. The highest BCUT2D eigenvalue weighted by Crippen LogP contribution is 2.40. The van der Waals surface area contributed by atoms with Crippen LogP contribution >= 0.6 is 0 Å². The summed E-state index contributed by atoms with van der Waals surface area (Å²) in [6.45, 7) is 3.29. The number of nitrogens with zero attached hydrogens (tertiary/aromatic N) is 1. The number of alkyl halides is 3. The molecule has 4 rings (SSSR count). The van der Waals surface area contributed by atoms with Crippen LogP contribution in [-0.2, 0) is 9.59 Å². The van der Waals surface area contributed by atoms with Gasteiger partial charge in [-0.2, -0.15) is 13.2 Å². The van der Waals surface area contributed by atoms with Crippen molar-refractivity contribution in [2.45, 2.75) is 37.4 Å². The molecule has 2 unspecified atom stereocenters. The zero-order valence-corrected chi connectivity index (χ0v) is 19.6. The van der Waals surface area contributed by atoms with E-state index < -0.39 is 18.1 Å². The number of piperidine rings is 1. The summed E-state index contributed by atoms with van der Waals surface area (Å²) in [4.78, 5) is 22.4. The van der Waals surface area contributed by atoms with Gasteiger partial charge in [-0.25, -0.2) is 10.3 Å². The number of nitrogens with one attached hydrogen (secondary N) is 2. The van der Waals surface area contributed by atoms with Crippen molar-refractivity contribution < 1.29 is 33.1 Å². The Labute approximate surface area is 207 Å². The Hall–Kier alpha value is -3.37. The van der Waals surface area contributed by atoms with Crippen molar-refractivity contribution in [1.82, 2.24) is 10.8 Å². The van der Waals surface area contributed by atoms with Gasteiger partial charge in [-0.3, -0.25) is 10.0 Å². The Kier molecular flexibility index (Phi) is 9.49. The van der Waals surface area contributed by atoms with Gasteiger partial charge >= 0.3 is 12.1 Å². The number of carboxylic acid groups (broad SMARTS) is 1. The average molecular weight is 506 g/mol. The fourth-order valence-corrected chi connectivity index (χ4v) is 4.21. The van der Waals surface area contributed by atoms with E-state index in [-0.39, 0.29) is 0 Å². The van der Waals surface area contributed by atoms with Gasteiger partial charge in [0, 0.05) is 36.8 Å². The number of carboxylic acids is 1. The summed E-state index contributed by atoms with van der Waals surface area (Å²) in [6, 6.07) is 19.7. The molecule has 2 atom stereocenters. The average Bonchev–Trinajstić information content (AvgIpc) is 3.67. The number of hydrogen-bond acceptors (Lipinski definition) is 5. The molecule has 2 aromatic rings. The van der Waals surface area contributed by atoms with Gasteiger partial charge < -0.3 is 15.3 Å². The number of hydrogen-bond donors (Lipinski definition) is 4. The van der Waals surface area contributed by atoms with Gasteiger partial charge in [0.05, 0.1) is 0 Å². The van der Waals surface area contributed by atoms with E-state index in [1.807, 2.05) is 12.1 Å². The summed E-state index contributed by atoms with van der Waals surface area (Å²) in [7, 11) is 0. The van der Waals surface area contributed by atoms with E-state index in [9.17, 15) is 18.0 Å². The van der Waals surface area contributed by atoms with E-state index in [0.717, 1.165) is 31.1 Å². The summed E-state index contributed by atoms with van der Waals surface area (Å²) in [6.07, 6.45) is 1.62. The van der Waals surface area contributed by atoms with Crippen molar-refractivity contribution in [3.63, 3.8) is 0 Å². The minimum atomic E-state index is -5.08. The number of carbonyl (C=O) groups excluding carboxylic acids is 1. The lowest BCUT2D eigenvalue weighted by Gasteiger charge is -2.34. The third kappa shape index (κ3) is 8.39. The fraction of sp³-hybridized carbons (Fsp3) is 0.385. The van der Waals surface area contributed by atoms with Crippen molar-refractivity contribution in [1.29, 1.82) is 0 Å². The molecule has 1 aliphatic heterocycles. The molecule has 1 amide bonds. The second-order valence-corrected chi connectivity index (χ2v) is 8.90. The first kappa shape index (κ1) is 27.2. The third-order valence-electron chi connectivity index (χ3n) is 6.34. The summed E-state index contributed by atoms with van der Waals surface area (Å²) >= 11 is 0. The topological polar surface area (TPSA) is 102 Å². The molecule has 1 aliphatic carbocycles. The minimum Gasteiger partial charge on any atom is -0.475 e. The van der Waals surface area contributed by atoms with Crippen molar-refractivity contribution in [2.75, 3.05) is 24.5 Å². The van der Waals surface area contributed by atoms with Crippen LogP contribution in [-0.4, -0.2) is 54.0 Å². The molecule has 36 heavy (non-hydrogen) atoms. The van der Waals surface area contributed by atoms with Gasteiger partial charge in [0.2, 0.25) is 0 Å². The van der Waals surface area contributed by atoms with Crippen LogP contribution in [0, 0.1) is 5.92 Å². The van der Waals surface area contributed by atoms with E-state index in [0.29, 0.717) is 12.0 Å². The Balaban J connectivity index is 0.000000454. The fourth-order valence-electron chi connectivity index (χ4n) is 4.21. The van der Waals surface area contributed by atoms with Gasteiger partial charge in [-0.1, -0.05) is 42.5 Å². The first-order valence-corrected chi connectivity index (χ1v) is 11.7. The summed E-state index contributed by atoms with van der Waals surface area (Å²) in [5.74, 6) is -1.83. The number of halogens is 3. The van der Waals surface area contributed by atoms with Crippen LogP contribution in [0.1, 0.15) is 36.3 Å². The molecule has 10 heteroatoms. The van der Waals surface area contributed by atoms with E-state index in [4.69, 9.17) is 15.1 Å². The summed E-state index contributed by atoms with van der Waals surface area (Å²) in [5, 5.41) is 19.4. The second-order valence-electron chi connectivity index (χ2n) is 8.90. The molecule has 194 valence electrons. The lowest BCUT2D eigenvalue weighted by atomic mass is 9.96. The smallest absolute Gasteiger partial charge is 0.475 e. The highest BCUT2D eigenvalue weighted by atomic mass is 19.4. The molecule has 4 N–H and O–H groups in total. The van der Waals surface area contributed by atoms with E-state index >= 15 is 0 Å². The molecular weight excluding hydrogens is 475 g/mol. The largest absolute Gasteiger partial charge is 0.490 e. The van der Waals surface area contributed by atoms with Crippen LogP contribution in [0.3, 0.4) is 0 Å². The second kappa shape index (κ2) is 12.5. The molecule has 2 aliphatic rings. The van der Waals surface area contributed by atoms with Crippen LogP contribution in [0.5, 0.6) is 0 Å². The molecule has 0 spiro atoms. The number of rotatable bonds is 7. The predicted octanol–water partition coefficient (Wildman–Crippen LogP) is 4.20. The highest BCUT2D eigenvalue weighted by Gasteiger charge is 2.38. The van der Waals surface area contributed by atoms with Crippen LogP contribution in [0.4, 0.5) is 18.9 Å². The molecule has 0 aromatic heterocycles. The number of anilines is 1. The summed E-state index contributed by atoms with van der Waals surface area (Å²) < 4.78 is 31.7. The molecule has 1 saturated carbocycles. The lowest BCUT2D eigenvalue weighted by molar-refractivity contribution is -0.192. The van der Waals surface area contributed by atoms with Gasteiger partial charge in [0.15, 0.2) is 0 Å². The first-order valence-electron chi connectivity index (χ1n) is 11.7. The van der Waals surface area contributed by atoms with Crippen molar-refractivity contribution in [2.24, 2.45) is 5.92 Å². The molecule has 2 fully saturated rings. The molecule has 1 saturated heterocycles.